The van der Waals surface area contributed by atoms with Crippen LogP contribution in [0.5, 0.6) is 11.5 Å². The highest BCUT2D eigenvalue weighted by Crippen LogP contribution is 2.36. The second-order valence-electron chi connectivity index (χ2n) is 5.19. The molecule has 2 aromatic rings. The summed E-state index contributed by atoms with van der Waals surface area (Å²) in [5, 5.41) is 18.3. The van der Waals surface area contributed by atoms with Gasteiger partial charge in [-0.2, -0.15) is 18.4 Å². The average molecular weight is 336 g/mol. The van der Waals surface area contributed by atoms with E-state index in [4.69, 9.17) is 10.00 Å². The number of rotatable bonds is 5. The number of benzene rings is 1. The van der Waals surface area contributed by atoms with Gasteiger partial charge in [0.25, 0.3) is 0 Å². The summed E-state index contributed by atoms with van der Waals surface area (Å²) in [4.78, 5) is 3.86. The van der Waals surface area contributed by atoms with E-state index in [0.717, 1.165) is 18.6 Å². The number of halogens is 3. The molecule has 4 nitrogen and oxygen atoms in total. The predicted molar refractivity (Wildman–Crippen MR) is 80.3 cm³/mol. The Balaban J connectivity index is 2.35. The molecular weight excluding hydrogens is 321 g/mol. The molecule has 1 aromatic carbocycles. The third kappa shape index (κ3) is 4.16. The molecule has 0 fully saturated rings. The van der Waals surface area contributed by atoms with Crippen LogP contribution in [0, 0.1) is 11.3 Å². The third-order valence-electron chi connectivity index (χ3n) is 3.36. The van der Waals surface area contributed by atoms with E-state index in [-0.39, 0.29) is 11.5 Å². The fourth-order valence-electron chi connectivity index (χ4n) is 2.27. The molecule has 0 aliphatic heterocycles. The van der Waals surface area contributed by atoms with Gasteiger partial charge in [0, 0.05) is 11.8 Å². The zero-order valence-electron chi connectivity index (χ0n) is 12.8. The summed E-state index contributed by atoms with van der Waals surface area (Å²) in [6.45, 7) is 1.91. The van der Waals surface area contributed by atoms with Gasteiger partial charge in [-0.25, -0.2) is 0 Å². The molecule has 0 saturated carbocycles. The van der Waals surface area contributed by atoms with E-state index < -0.39 is 23.4 Å². The van der Waals surface area contributed by atoms with Crippen molar-refractivity contribution in [1.29, 1.82) is 5.26 Å². The van der Waals surface area contributed by atoms with E-state index in [2.05, 4.69) is 4.98 Å². The second-order valence-corrected chi connectivity index (χ2v) is 5.19. The maximum atomic E-state index is 13.0. The average Bonchev–Trinajstić information content (AvgIpc) is 2.53. The van der Waals surface area contributed by atoms with E-state index in [1.54, 1.807) is 0 Å². The number of aromatic nitrogens is 1. The number of alkyl halides is 3. The first-order valence-corrected chi connectivity index (χ1v) is 7.27. The lowest BCUT2D eigenvalue weighted by Gasteiger charge is -2.20. The molecule has 0 aliphatic carbocycles. The van der Waals surface area contributed by atoms with E-state index in [1.807, 2.05) is 6.92 Å². The van der Waals surface area contributed by atoms with Gasteiger partial charge in [-0.3, -0.25) is 4.98 Å². The van der Waals surface area contributed by atoms with Crippen LogP contribution in [0.3, 0.4) is 0 Å². The van der Waals surface area contributed by atoms with Crippen LogP contribution < -0.4 is 4.74 Å². The first-order valence-electron chi connectivity index (χ1n) is 7.27. The van der Waals surface area contributed by atoms with Crippen LogP contribution in [-0.4, -0.2) is 10.1 Å². The van der Waals surface area contributed by atoms with Crippen LogP contribution in [-0.2, 0) is 6.18 Å². The minimum atomic E-state index is -4.64. The van der Waals surface area contributed by atoms with Crippen molar-refractivity contribution in [2.24, 2.45) is 0 Å². The van der Waals surface area contributed by atoms with Crippen molar-refractivity contribution in [1.82, 2.24) is 4.98 Å². The minimum absolute atomic E-state index is 0.00289. The molecule has 1 N–H and O–H groups in total. The largest absolute Gasteiger partial charge is 0.506 e. The summed E-state index contributed by atoms with van der Waals surface area (Å²) in [5.74, 6) is -0.0453. The van der Waals surface area contributed by atoms with Crippen LogP contribution in [0.2, 0.25) is 0 Å². The SMILES string of the molecule is CCCC(Oc1ccc(C#N)c(C(F)(F)F)c1)c1cncc(O)c1. The molecule has 0 radical (unpaired) electrons. The van der Waals surface area contributed by atoms with Crippen molar-refractivity contribution in [2.45, 2.75) is 32.0 Å². The third-order valence-corrected chi connectivity index (χ3v) is 3.36. The van der Waals surface area contributed by atoms with Gasteiger partial charge in [0.1, 0.15) is 17.6 Å². The Morgan fingerprint density at radius 3 is 2.62 bits per heavy atom. The molecule has 0 aliphatic rings. The van der Waals surface area contributed by atoms with E-state index in [9.17, 15) is 18.3 Å². The van der Waals surface area contributed by atoms with Gasteiger partial charge in [0.05, 0.1) is 23.4 Å². The minimum Gasteiger partial charge on any atom is -0.506 e. The molecule has 24 heavy (non-hydrogen) atoms. The second kappa shape index (κ2) is 7.21. The van der Waals surface area contributed by atoms with Gasteiger partial charge < -0.3 is 9.84 Å². The molecular formula is C17H15F3N2O2. The Labute approximate surface area is 137 Å². The quantitative estimate of drug-likeness (QED) is 0.867. The van der Waals surface area contributed by atoms with Crippen molar-refractivity contribution in [3.05, 3.63) is 53.3 Å². The molecule has 0 amide bonds. The molecule has 0 spiro atoms. The number of hydrogen-bond donors (Lipinski definition) is 1. The summed E-state index contributed by atoms with van der Waals surface area (Å²) >= 11 is 0. The number of pyridine rings is 1. The summed E-state index contributed by atoms with van der Waals surface area (Å²) in [6, 6.07) is 6.22. The Morgan fingerprint density at radius 1 is 1.29 bits per heavy atom. The molecule has 7 heteroatoms. The molecule has 1 heterocycles. The first kappa shape index (κ1) is 17.6. The standard InChI is InChI=1S/C17H15F3N2O2/c1-2-3-16(12-6-13(23)10-22-9-12)24-14-5-4-11(8-21)15(7-14)17(18,19)20/h4-7,9-10,16,23H,2-3H2,1H3. The number of hydrogen-bond acceptors (Lipinski definition) is 4. The monoisotopic (exact) mass is 336 g/mol. The van der Waals surface area contributed by atoms with Crippen molar-refractivity contribution < 1.29 is 23.0 Å². The predicted octanol–water partition coefficient (Wildman–Crippen LogP) is 4.60. The van der Waals surface area contributed by atoms with Gasteiger partial charge >= 0.3 is 6.18 Å². The Bertz CT molecular complexity index is 754. The highest BCUT2D eigenvalue weighted by molar-refractivity contribution is 5.44. The van der Waals surface area contributed by atoms with Crippen molar-refractivity contribution in [2.75, 3.05) is 0 Å². The fraction of sp³-hybridized carbons (Fsp3) is 0.294. The maximum absolute atomic E-state index is 13.0. The highest BCUT2D eigenvalue weighted by Gasteiger charge is 2.34. The van der Waals surface area contributed by atoms with E-state index >= 15 is 0 Å². The normalized spacial score (nSPS) is 12.5. The van der Waals surface area contributed by atoms with Crippen molar-refractivity contribution in [3.8, 4) is 17.6 Å². The molecule has 0 bridgehead atoms. The number of nitrogens with zero attached hydrogens (tertiary/aromatic N) is 2. The van der Waals surface area contributed by atoms with Gasteiger partial charge in [-0.1, -0.05) is 13.3 Å². The number of ether oxygens (including phenoxy) is 1. The smallest absolute Gasteiger partial charge is 0.417 e. The Morgan fingerprint density at radius 2 is 2.04 bits per heavy atom. The van der Waals surface area contributed by atoms with Gasteiger partial charge in [-0.05, 0) is 30.7 Å². The fourth-order valence-corrected chi connectivity index (χ4v) is 2.27. The topological polar surface area (TPSA) is 66.1 Å². The van der Waals surface area contributed by atoms with Crippen LogP contribution in [0.1, 0.15) is 42.6 Å². The summed E-state index contributed by atoms with van der Waals surface area (Å²) in [6.07, 6.45) is -1.18. The molecule has 1 atom stereocenters. The number of nitriles is 1. The molecule has 126 valence electrons. The molecule has 0 saturated heterocycles. The highest BCUT2D eigenvalue weighted by atomic mass is 19.4. The molecule has 1 unspecified atom stereocenters. The lowest BCUT2D eigenvalue weighted by atomic mass is 10.1. The van der Waals surface area contributed by atoms with E-state index in [1.165, 1.54) is 30.6 Å². The molecule has 1 aromatic heterocycles. The zero-order valence-corrected chi connectivity index (χ0v) is 12.8. The van der Waals surface area contributed by atoms with Gasteiger partial charge in [-0.15, -0.1) is 0 Å². The van der Waals surface area contributed by atoms with Crippen LogP contribution >= 0.6 is 0 Å². The van der Waals surface area contributed by atoms with Crippen LogP contribution in [0.15, 0.2) is 36.7 Å². The summed E-state index contributed by atoms with van der Waals surface area (Å²) in [7, 11) is 0. The van der Waals surface area contributed by atoms with Gasteiger partial charge in [0.15, 0.2) is 0 Å². The van der Waals surface area contributed by atoms with Crippen LogP contribution in [0.25, 0.3) is 0 Å². The van der Waals surface area contributed by atoms with Crippen molar-refractivity contribution in [3.63, 3.8) is 0 Å². The first-order chi connectivity index (χ1) is 11.3. The molecule has 2 rings (SSSR count). The van der Waals surface area contributed by atoms with Crippen molar-refractivity contribution >= 4 is 0 Å². The Hall–Kier alpha value is -2.75. The van der Waals surface area contributed by atoms with E-state index in [0.29, 0.717) is 12.0 Å². The summed E-state index contributed by atoms with van der Waals surface area (Å²) < 4.78 is 44.8. The Kier molecular flexibility index (Phi) is 5.29. The lowest BCUT2D eigenvalue weighted by Crippen LogP contribution is -2.11. The summed E-state index contributed by atoms with van der Waals surface area (Å²) in [5.41, 5.74) is -0.928. The zero-order chi connectivity index (χ0) is 17.7. The van der Waals surface area contributed by atoms with Crippen LogP contribution in [0.4, 0.5) is 13.2 Å². The number of aromatic hydroxyl groups is 1. The van der Waals surface area contributed by atoms with Gasteiger partial charge in [0.2, 0.25) is 0 Å². The maximum Gasteiger partial charge on any atom is 0.417 e. The lowest BCUT2D eigenvalue weighted by molar-refractivity contribution is -0.137.